The minimum absolute atomic E-state index is 0.0392. The molecule has 0 amide bonds. The van der Waals surface area contributed by atoms with Crippen LogP contribution in [-0.4, -0.2) is 34.1 Å². The van der Waals surface area contributed by atoms with Gasteiger partial charge in [-0.3, -0.25) is 0 Å². The summed E-state index contributed by atoms with van der Waals surface area (Å²) >= 11 is 8.64. The molecule has 1 unspecified atom stereocenters. The average Bonchev–Trinajstić information content (AvgIpc) is 2.22. The molecule has 1 aromatic rings. The van der Waals surface area contributed by atoms with Crippen molar-refractivity contribution in [1.29, 1.82) is 0 Å². The van der Waals surface area contributed by atoms with E-state index in [4.69, 9.17) is 16.7 Å². The molecule has 90 valence electrons. The molecule has 0 radical (unpaired) electrons. The van der Waals surface area contributed by atoms with Crippen molar-refractivity contribution in [3.05, 3.63) is 16.0 Å². The number of nitrogens with zero attached hydrogens (tertiary/aromatic N) is 2. The molecule has 4 nitrogen and oxygen atoms in total. The first-order chi connectivity index (χ1) is 7.54. The molecule has 1 rings (SSSR count). The molecular formula is C8H9BrClF2N3O. The average molecular weight is 317 g/mol. The second-order valence-electron chi connectivity index (χ2n) is 2.93. The fourth-order valence-electron chi connectivity index (χ4n) is 1.02. The molecule has 0 bridgehead atoms. The van der Waals surface area contributed by atoms with Gasteiger partial charge in [0.05, 0.1) is 10.5 Å². The molecule has 1 heterocycles. The van der Waals surface area contributed by atoms with Gasteiger partial charge in [-0.05, 0) is 34.0 Å². The summed E-state index contributed by atoms with van der Waals surface area (Å²) in [6.07, 6.45) is -1.32. The van der Waals surface area contributed by atoms with Crippen molar-refractivity contribution in [2.45, 2.75) is 18.9 Å². The normalized spacial score (nSPS) is 12.9. The van der Waals surface area contributed by atoms with Crippen LogP contribution in [0, 0.1) is 0 Å². The lowest BCUT2D eigenvalue weighted by atomic mass is 10.2. The van der Waals surface area contributed by atoms with Crippen LogP contribution in [0.1, 0.15) is 6.42 Å². The molecule has 1 atom stereocenters. The van der Waals surface area contributed by atoms with Crippen LogP contribution in [0.5, 0.6) is 0 Å². The molecule has 0 spiro atoms. The van der Waals surface area contributed by atoms with E-state index in [1.807, 2.05) is 0 Å². The Morgan fingerprint density at radius 3 is 2.81 bits per heavy atom. The van der Waals surface area contributed by atoms with Gasteiger partial charge in [-0.25, -0.2) is 13.8 Å². The first kappa shape index (κ1) is 13.5. The standard InChI is InChI=1S/C8H9BrClF2N3O/c9-4-3-13-8(10)15-7(4)14-5(1-2-16)6(11)12/h3,5-6,16H,1-2H2,(H,13,14,15). The van der Waals surface area contributed by atoms with Gasteiger partial charge in [0, 0.05) is 12.8 Å². The van der Waals surface area contributed by atoms with Crippen molar-refractivity contribution in [3.63, 3.8) is 0 Å². The minimum atomic E-state index is -2.60. The third-order valence-electron chi connectivity index (χ3n) is 1.78. The number of hydrogen-bond acceptors (Lipinski definition) is 4. The number of aromatic nitrogens is 2. The summed E-state index contributed by atoms with van der Waals surface area (Å²) in [5.41, 5.74) is 0. The van der Waals surface area contributed by atoms with Crippen molar-refractivity contribution in [3.8, 4) is 0 Å². The maximum Gasteiger partial charge on any atom is 0.258 e. The monoisotopic (exact) mass is 315 g/mol. The highest BCUT2D eigenvalue weighted by Gasteiger charge is 2.21. The van der Waals surface area contributed by atoms with E-state index < -0.39 is 12.5 Å². The van der Waals surface area contributed by atoms with E-state index in [1.165, 1.54) is 6.20 Å². The predicted molar refractivity (Wildman–Crippen MR) is 59.9 cm³/mol. The Balaban J connectivity index is 2.80. The summed E-state index contributed by atoms with van der Waals surface area (Å²) in [6.45, 7) is -0.335. The highest BCUT2D eigenvalue weighted by Crippen LogP contribution is 2.22. The molecule has 16 heavy (non-hydrogen) atoms. The number of nitrogens with one attached hydrogen (secondary N) is 1. The number of rotatable bonds is 5. The lowest BCUT2D eigenvalue weighted by Gasteiger charge is -2.17. The van der Waals surface area contributed by atoms with Gasteiger partial charge in [0.2, 0.25) is 5.28 Å². The Labute approximate surface area is 104 Å². The molecule has 0 saturated heterocycles. The molecular weight excluding hydrogens is 307 g/mol. The van der Waals surface area contributed by atoms with E-state index in [9.17, 15) is 8.78 Å². The molecule has 1 aromatic heterocycles. The topological polar surface area (TPSA) is 58.0 Å². The molecule has 0 aliphatic heterocycles. The Morgan fingerprint density at radius 1 is 1.56 bits per heavy atom. The number of hydrogen-bond donors (Lipinski definition) is 2. The Morgan fingerprint density at radius 2 is 2.25 bits per heavy atom. The van der Waals surface area contributed by atoms with Crippen molar-refractivity contribution >= 4 is 33.3 Å². The quantitative estimate of drug-likeness (QED) is 0.819. The maximum atomic E-state index is 12.5. The van der Waals surface area contributed by atoms with Crippen molar-refractivity contribution in [1.82, 2.24) is 9.97 Å². The number of halogens is 4. The number of alkyl halides is 2. The highest BCUT2D eigenvalue weighted by molar-refractivity contribution is 9.10. The van der Waals surface area contributed by atoms with Crippen LogP contribution in [0.25, 0.3) is 0 Å². The van der Waals surface area contributed by atoms with Gasteiger partial charge in [0.1, 0.15) is 5.82 Å². The van der Waals surface area contributed by atoms with Gasteiger partial charge in [-0.1, -0.05) is 0 Å². The summed E-state index contributed by atoms with van der Waals surface area (Å²) in [6, 6.07) is -1.17. The third-order valence-corrected chi connectivity index (χ3v) is 2.54. The van der Waals surface area contributed by atoms with Crippen LogP contribution in [0.15, 0.2) is 10.7 Å². The van der Waals surface area contributed by atoms with E-state index in [-0.39, 0.29) is 24.1 Å². The zero-order chi connectivity index (χ0) is 12.1. The lowest BCUT2D eigenvalue weighted by molar-refractivity contribution is 0.109. The summed E-state index contributed by atoms with van der Waals surface area (Å²) < 4.78 is 25.5. The van der Waals surface area contributed by atoms with Gasteiger partial charge in [0.15, 0.2) is 0 Å². The molecule has 0 aromatic carbocycles. The second-order valence-corrected chi connectivity index (χ2v) is 4.13. The SMILES string of the molecule is OCCC(Nc1nc(Cl)ncc1Br)C(F)F. The molecule has 0 saturated carbocycles. The fraction of sp³-hybridized carbons (Fsp3) is 0.500. The highest BCUT2D eigenvalue weighted by atomic mass is 79.9. The van der Waals surface area contributed by atoms with Crippen LogP contribution in [0.2, 0.25) is 5.28 Å². The Bertz CT molecular complexity index is 356. The van der Waals surface area contributed by atoms with Crippen molar-refractivity contribution < 1.29 is 13.9 Å². The smallest absolute Gasteiger partial charge is 0.258 e. The number of aliphatic hydroxyl groups is 1. The molecule has 8 heteroatoms. The van der Waals surface area contributed by atoms with Gasteiger partial charge in [-0.2, -0.15) is 4.98 Å². The van der Waals surface area contributed by atoms with Gasteiger partial charge < -0.3 is 10.4 Å². The van der Waals surface area contributed by atoms with E-state index in [2.05, 4.69) is 31.2 Å². The number of aliphatic hydroxyl groups excluding tert-OH is 1. The van der Waals surface area contributed by atoms with Crippen LogP contribution in [0.4, 0.5) is 14.6 Å². The minimum Gasteiger partial charge on any atom is -0.396 e. The first-order valence-electron chi connectivity index (χ1n) is 4.38. The Hall–Kier alpha value is -0.530. The fourth-order valence-corrected chi connectivity index (χ4v) is 1.46. The summed E-state index contributed by atoms with van der Waals surface area (Å²) in [7, 11) is 0. The van der Waals surface area contributed by atoms with Crippen LogP contribution in [0.3, 0.4) is 0 Å². The first-order valence-corrected chi connectivity index (χ1v) is 5.55. The molecule has 2 N–H and O–H groups in total. The summed E-state index contributed by atoms with van der Waals surface area (Å²) in [4.78, 5) is 7.43. The van der Waals surface area contributed by atoms with E-state index in [1.54, 1.807) is 0 Å². The van der Waals surface area contributed by atoms with Gasteiger partial charge in [-0.15, -0.1) is 0 Å². The third kappa shape index (κ3) is 3.80. The van der Waals surface area contributed by atoms with E-state index in [0.717, 1.165) is 0 Å². The van der Waals surface area contributed by atoms with E-state index >= 15 is 0 Å². The molecule has 0 aliphatic carbocycles. The zero-order valence-corrected chi connectivity index (χ0v) is 10.3. The van der Waals surface area contributed by atoms with E-state index in [0.29, 0.717) is 4.47 Å². The summed E-state index contributed by atoms with van der Waals surface area (Å²) in [5, 5.41) is 11.1. The summed E-state index contributed by atoms with van der Waals surface area (Å²) in [5.74, 6) is 0.179. The second kappa shape index (κ2) is 6.27. The lowest BCUT2D eigenvalue weighted by Crippen LogP contribution is -2.29. The Kier molecular flexibility index (Phi) is 5.30. The predicted octanol–water partition coefficient (Wildman–Crippen LogP) is 2.32. The maximum absolute atomic E-state index is 12.5. The van der Waals surface area contributed by atoms with Crippen LogP contribution >= 0.6 is 27.5 Å². The van der Waals surface area contributed by atoms with Crippen LogP contribution in [-0.2, 0) is 0 Å². The zero-order valence-electron chi connectivity index (χ0n) is 8.00. The van der Waals surface area contributed by atoms with Crippen LogP contribution < -0.4 is 5.32 Å². The molecule has 0 fully saturated rings. The molecule has 0 aliphatic rings. The van der Waals surface area contributed by atoms with Gasteiger partial charge >= 0.3 is 0 Å². The van der Waals surface area contributed by atoms with Gasteiger partial charge in [0.25, 0.3) is 6.43 Å². The van der Waals surface area contributed by atoms with Crippen molar-refractivity contribution in [2.75, 3.05) is 11.9 Å². The number of anilines is 1. The van der Waals surface area contributed by atoms with Crippen molar-refractivity contribution in [2.24, 2.45) is 0 Å². The largest absolute Gasteiger partial charge is 0.396 e.